The summed E-state index contributed by atoms with van der Waals surface area (Å²) in [5, 5.41) is 3.06. The maximum Gasteiger partial charge on any atom is 0.238 e. The molecule has 1 unspecified atom stereocenters. The normalized spacial score (nSPS) is 17.5. The summed E-state index contributed by atoms with van der Waals surface area (Å²) in [7, 11) is 0. The molecule has 5 rings (SSSR count). The number of carbonyl (C=O) groups excluding carboxylic acids is 2. The first-order valence-corrected chi connectivity index (χ1v) is 11.1. The molecule has 0 spiro atoms. The maximum atomic E-state index is 12.9. The van der Waals surface area contributed by atoms with Gasteiger partial charge < -0.3 is 10.2 Å². The fourth-order valence-corrected chi connectivity index (χ4v) is 4.98. The van der Waals surface area contributed by atoms with Crippen molar-refractivity contribution in [3.05, 3.63) is 95.1 Å². The van der Waals surface area contributed by atoms with Crippen LogP contribution in [0, 0.1) is 0 Å². The third kappa shape index (κ3) is 4.04. The minimum Gasteiger partial charge on any atom is -0.325 e. The van der Waals surface area contributed by atoms with E-state index in [1.54, 1.807) is 11.8 Å². The molecule has 2 aliphatic rings. The van der Waals surface area contributed by atoms with Crippen molar-refractivity contribution >= 4 is 23.2 Å². The molecule has 0 saturated carbocycles. The van der Waals surface area contributed by atoms with Crippen molar-refractivity contribution in [2.75, 3.05) is 29.9 Å². The number of hydrogen-bond acceptors (Lipinski definition) is 3. The summed E-state index contributed by atoms with van der Waals surface area (Å²) in [6.45, 7) is 4.21. The summed E-state index contributed by atoms with van der Waals surface area (Å²) in [6, 6.07) is 24.9. The Morgan fingerprint density at radius 2 is 1.75 bits per heavy atom. The van der Waals surface area contributed by atoms with Gasteiger partial charge in [0.1, 0.15) is 0 Å². The Morgan fingerprint density at radius 1 is 0.969 bits per heavy atom. The van der Waals surface area contributed by atoms with E-state index in [4.69, 9.17) is 0 Å². The van der Waals surface area contributed by atoms with Crippen LogP contribution in [-0.4, -0.2) is 36.3 Å². The maximum absolute atomic E-state index is 12.9. The quantitative estimate of drug-likeness (QED) is 0.682. The average molecular weight is 426 g/mol. The number of hydrogen-bond donors (Lipinski definition) is 1. The van der Waals surface area contributed by atoms with Gasteiger partial charge in [-0.3, -0.25) is 14.5 Å². The lowest BCUT2D eigenvalue weighted by atomic mass is 9.84. The van der Waals surface area contributed by atoms with E-state index in [0.29, 0.717) is 13.1 Å². The van der Waals surface area contributed by atoms with Crippen LogP contribution >= 0.6 is 0 Å². The Morgan fingerprint density at radius 3 is 2.56 bits per heavy atom. The number of benzene rings is 3. The SMILES string of the molecule is CC(=O)N1CCc2cc(NC(=O)CN3Cc4ccccc4C(c4ccccc4)C3)ccc21. The molecule has 0 aromatic heterocycles. The molecule has 162 valence electrons. The van der Waals surface area contributed by atoms with Gasteiger partial charge in [0.25, 0.3) is 0 Å². The van der Waals surface area contributed by atoms with Crippen molar-refractivity contribution in [1.82, 2.24) is 4.90 Å². The summed E-state index contributed by atoms with van der Waals surface area (Å²) in [6.07, 6.45) is 0.820. The van der Waals surface area contributed by atoms with Crippen molar-refractivity contribution in [2.45, 2.75) is 25.8 Å². The minimum absolute atomic E-state index is 0.0161. The van der Waals surface area contributed by atoms with E-state index in [1.807, 2.05) is 24.3 Å². The number of nitrogens with zero attached hydrogens (tertiary/aromatic N) is 2. The van der Waals surface area contributed by atoms with Gasteiger partial charge in [-0.05, 0) is 46.9 Å². The van der Waals surface area contributed by atoms with Crippen LogP contribution in [0.25, 0.3) is 0 Å². The first-order chi connectivity index (χ1) is 15.6. The van der Waals surface area contributed by atoms with Crippen molar-refractivity contribution in [2.24, 2.45) is 0 Å². The van der Waals surface area contributed by atoms with Gasteiger partial charge in [-0.25, -0.2) is 0 Å². The molecule has 0 saturated heterocycles. The molecule has 0 aliphatic carbocycles. The van der Waals surface area contributed by atoms with Crippen LogP contribution in [0.4, 0.5) is 11.4 Å². The fourth-order valence-electron chi connectivity index (χ4n) is 4.98. The van der Waals surface area contributed by atoms with Crippen molar-refractivity contribution < 1.29 is 9.59 Å². The van der Waals surface area contributed by atoms with E-state index < -0.39 is 0 Å². The Balaban J connectivity index is 1.29. The predicted molar refractivity (Wildman–Crippen MR) is 127 cm³/mol. The lowest BCUT2D eigenvalue weighted by Gasteiger charge is -2.34. The summed E-state index contributed by atoms with van der Waals surface area (Å²) in [4.78, 5) is 28.7. The summed E-state index contributed by atoms with van der Waals surface area (Å²) in [5.41, 5.74) is 6.75. The number of nitrogens with one attached hydrogen (secondary N) is 1. The van der Waals surface area contributed by atoms with Gasteiger partial charge in [0.05, 0.1) is 6.54 Å². The van der Waals surface area contributed by atoms with E-state index in [2.05, 4.69) is 58.7 Å². The molecule has 1 N–H and O–H groups in total. The van der Waals surface area contributed by atoms with E-state index in [1.165, 1.54) is 16.7 Å². The second kappa shape index (κ2) is 8.60. The highest BCUT2D eigenvalue weighted by atomic mass is 16.2. The largest absolute Gasteiger partial charge is 0.325 e. The van der Waals surface area contributed by atoms with Crippen LogP contribution in [0.2, 0.25) is 0 Å². The number of fused-ring (bicyclic) bond motifs is 2. The van der Waals surface area contributed by atoms with E-state index in [-0.39, 0.29) is 17.7 Å². The smallest absolute Gasteiger partial charge is 0.238 e. The topological polar surface area (TPSA) is 52.7 Å². The first kappa shape index (κ1) is 20.5. The van der Waals surface area contributed by atoms with E-state index in [9.17, 15) is 9.59 Å². The van der Waals surface area contributed by atoms with Gasteiger partial charge in [0.15, 0.2) is 0 Å². The Labute approximate surface area is 188 Å². The molecule has 0 fully saturated rings. The number of carbonyl (C=O) groups is 2. The Kier molecular flexibility index (Phi) is 5.50. The van der Waals surface area contributed by atoms with Crippen molar-refractivity contribution in [3.8, 4) is 0 Å². The summed E-state index contributed by atoms with van der Waals surface area (Å²) >= 11 is 0. The van der Waals surface area contributed by atoms with Crippen LogP contribution < -0.4 is 10.2 Å². The van der Waals surface area contributed by atoms with E-state index in [0.717, 1.165) is 36.4 Å². The second-order valence-electron chi connectivity index (χ2n) is 8.64. The second-order valence-corrected chi connectivity index (χ2v) is 8.64. The van der Waals surface area contributed by atoms with Crippen molar-refractivity contribution in [1.29, 1.82) is 0 Å². The monoisotopic (exact) mass is 425 g/mol. The van der Waals surface area contributed by atoms with Gasteiger partial charge in [0.2, 0.25) is 11.8 Å². The number of rotatable bonds is 4. The number of anilines is 2. The molecule has 32 heavy (non-hydrogen) atoms. The highest BCUT2D eigenvalue weighted by Crippen LogP contribution is 2.34. The lowest BCUT2D eigenvalue weighted by Crippen LogP contribution is -2.39. The molecule has 2 aliphatic heterocycles. The molecule has 2 heterocycles. The highest BCUT2D eigenvalue weighted by Gasteiger charge is 2.27. The minimum atomic E-state index is -0.0161. The zero-order chi connectivity index (χ0) is 22.1. The fraction of sp³-hybridized carbons (Fsp3) is 0.259. The molecule has 0 bridgehead atoms. The predicted octanol–water partition coefficient (Wildman–Crippen LogP) is 4.18. The molecule has 5 heteroatoms. The van der Waals surface area contributed by atoms with Gasteiger partial charge >= 0.3 is 0 Å². The highest BCUT2D eigenvalue weighted by molar-refractivity contribution is 5.96. The molecule has 5 nitrogen and oxygen atoms in total. The zero-order valence-electron chi connectivity index (χ0n) is 18.3. The van der Waals surface area contributed by atoms with Crippen molar-refractivity contribution in [3.63, 3.8) is 0 Å². The molecular formula is C27H27N3O2. The third-order valence-electron chi connectivity index (χ3n) is 6.47. The summed E-state index contributed by atoms with van der Waals surface area (Å²) < 4.78 is 0. The summed E-state index contributed by atoms with van der Waals surface area (Å²) in [5.74, 6) is 0.294. The molecular weight excluding hydrogens is 398 g/mol. The van der Waals surface area contributed by atoms with Crippen LogP contribution in [0.5, 0.6) is 0 Å². The van der Waals surface area contributed by atoms with Gasteiger partial charge in [-0.1, -0.05) is 54.6 Å². The Bertz CT molecular complexity index is 1160. The van der Waals surface area contributed by atoms with Gasteiger partial charge in [-0.15, -0.1) is 0 Å². The molecule has 2 amide bonds. The third-order valence-corrected chi connectivity index (χ3v) is 6.47. The number of amides is 2. The zero-order valence-corrected chi connectivity index (χ0v) is 18.3. The lowest BCUT2D eigenvalue weighted by molar-refractivity contribution is -0.118. The standard InChI is InChI=1S/C27H27N3O2/c1-19(31)30-14-13-21-15-23(11-12-26(21)30)28-27(32)18-29-16-22-9-5-6-10-24(22)25(17-29)20-7-3-2-4-8-20/h2-12,15,25H,13-14,16-18H2,1H3,(H,28,32). The van der Waals surface area contributed by atoms with Crippen LogP contribution in [0.1, 0.15) is 35.1 Å². The van der Waals surface area contributed by atoms with Crippen LogP contribution in [0.3, 0.4) is 0 Å². The van der Waals surface area contributed by atoms with Gasteiger partial charge in [-0.2, -0.15) is 0 Å². The van der Waals surface area contributed by atoms with Crippen LogP contribution in [0.15, 0.2) is 72.8 Å². The molecule has 1 atom stereocenters. The average Bonchev–Trinajstić information content (AvgIpc) is 3.22. The molecule has 3 aromatic carbocycles. The van der Waals surface area contributed by atoms with E-state index >= 15 is 0 Å². The van der Waals surface area contributed by atoms with Crippen LogP contribution in [-0.2, 0) is 22.6 Å². The first-order valence-electron chi connectivity index (χ1n) is 11.1. The Hall–Kier alpha value is -3.44. The van der Waals surface area contributed by atoms with Gasteiger partial charge in [0, 0.05) is 43.9 Å². The molecule has 3 aromatic rings. The molecule has 0 radical (unpaired) electrons.